The second-order valence-electron chi connectivity index (χ2n) is 7.14. The van der Waals surface area contributed by atoms with Gasteiger partial charge < -0.3 is 9.16 Å². The van der Waals surface area contributed by atoms with Gasteiger partial charge in [0.05, 0.1) is 11.3 Å². The van der Waals surface area contributed by atoms with Gasteiger partial charge >= 0.3 is 5.97 Å². The van der Waals surface area contributed by atoms with Crippen LogP contribution in [0, 0.1) is 0 Å². The van der Waals surface area contributed by atoms with Crippen molar-refractivity contribution in [3.8, 4) is 0 Å². The molecule has 23 heavy (non-hydrogen) atoms. The number of hydrogen-bond donors (Lipinski definition) is 0. The van der Waals surface area contributed by atoms with Gasteiger partial charge in [-0.1, -0.05) is 45.5 Å². The van der Waals surface area contributed by atoms with Crippen molar-refractivity contribution >= 4 is 14.3 Å². The molecule has 0 saturated carbocycles. The Bertz CT molecular complexity index is 580. The number of allylic oxidation sites excluding steroid dienone is 1. The molecule has 0 aliphatic carbocycles. The van der Waals surface area contributed by atoms with Crippen LogP contribution in [0.5, 0.6) is 0 Å². The van der Waals surface area contributed by atoms with Crippen LogP contribution in [-0.4, -0.2) is 20.9 Å². The van der Waals surface area contributed by atoms with Crippen LogP contribution in [0.3, 0.4) is 0 Å². The van der Waals surface area contributed by atoms with Crippen LogP contribution < -0.4 is 0 Å². The van der Waals surface area contributed by atoms with Crippen molar-refractivity contribution in [1.29, 1.82) is 0 Å². The molecule has 1 aromatic carbocycles. The molecule has 0 amide bonds. The summed E-state index contributed by atoms with van der Waals surface area (Å²) in [5, 5.41) is 0.121. The van der Waals surface area contributed by atoms with E-state index in [1.807, 2.05) is 31.2 Å². The first-order valence-electron chi connectivity index (χ1n) is 7.82. The lowest BCUT2D eigenvalue weighted by molar-refractivity contribution is 0.0549. The van der Waals surface area contributed by atoms with E-state index in [2.05, 4.69) is 40.4 Å². The Morgan fingerprint density at radius 2 is 1.78 bits per heavy atom. The van der Waals surface area contributed by atoms with Crippen LogP contribution in [-0.2, 0) is 9.16 Å². The lowest BCUT2D eigenvalue weighted by Crippen LogP contribution is -2.40. The monoisotopic (exact) mass is 332 g/mol. The Morgan fingerprint density at radius 1 is 1.22 bits per heavy atom. The normalized spacial score (nSPS) is 12.7. The molecule has 1 aromatic rings. The van der Waals surface area contributed by atoms with Crippen molar-refractivity contribution < 1.29 is 14.0 Å². The average Bonchev–Trinajstić information content (AvgIpc) is 2.46. The smallest absolute Gasteiger partial charge is 0.338 e. The summed E-state index contributed by atoms with van der Waals surface area (Å²) in [5.74, 6) is 0.331. The van der Waals surface area contributed by atoms with Gasteiger partial charge in [0.1, 0.15) is 6.61 Å². The molecule has 0 aliphatic rings. The molecule has 0 radical (unpaired) electrons. The Labute approximate surface area is 141 Å². The van der Waals surface area contributed by atoms with Gasteiger partial charge in [-0.2, -0.15) is 0 Å². The van der Waals surface area contributed by atoms with Crippen LogP contribution >= 0.6 is 0 Å². The van der Waals surface area contributed by atoms with E-state index < -0.39 is 8.32 Å². The highest BCUT2D eigenvalue weighted by Gasteiger charge is 2.39. The summed E-state index contributed by atoms with van der Waals surface area (Å²) in [7, 11) is -1.89. The Hall–Kier alpha value is -1.81. The zero-order chi connectivity index (χ0) is 17.7. The fraction of sp³-hybridized carbons (Fsp3) is 0.421. The maximum atomic E-state index is 11.9. The molecule has 0 fully saturated rings. The van der Waals surface area contributed by atoms with Crippen LogP contribution in [0.25, 0.3) is 0 Å². The molecule has 0 heterocycles. The molecule has 0 aliphatic heterocycles. The topological polar surface area (TPSA) is 35.5 Å². The summed E-state index contributed by atoms with van der Waals surface area (Å²) in [6, 6.07) is 8.96. The van der Waals surface area contributed by atoms with Gasteiger partial charge in [-0.25, -0.2) is 4.79 Å². The summed E-state index contributed by atoms with van der Waals surface area (Å²) in [4.78, 5) is 11.9. The quantitative estimate of drug-likeness (QED) is 0.306. The van der Waals surface area contributed by atoms with Gasteiger partial charge in [0.15, 0.2) is 0 Å². The van der Waals surface area contributed by atoms with Crippen LogP contribution in [0.1, 0.15) is 38.1 Å². The van der Waals surface area contributed by atoms with Crippen LogP contribution in [0.4, 0.5) is 0 Å². The van der Waals surface area contributed by atoms with Crippen molar-refractivity contribution in [3.63, 3.8) is 0 Å². The van der Waals surface area contributed by atoms with E-state index >= 15 is 0 Å². The van der Waals surface area contributed by atoms with E-state index in [0.717, 1.165) is 5.57 Å². The number of benzene rings is 1. The van der Waals surface area contributed by atoms with Gasteiger partial charge in [-0.05, 0) is 48.8 Å². The van der Waals surface area contributed by atoms with Crippen molar-refractivity contribution in [2.24, 2.45) is 0 Å². The van der Waals surface area contributed by atoms with Crippen molar-refractivity contribution in [2.75, 3.05) is 6.61 Å². The third-order valence-corrected chi connectivity index (χ3v) is 8.61. The zero-order valence-electron chi connectivity index (χ0n) is 15.1. The predicted octanol–water partition coefficient (Wildman–Crippen LogP) is 5.33. The lowest BCUT2D eigenvalue weighted by Gasteiger charge is -2.37. The van der Waals surface area contributed by atoms with E-state index in [-0.39, 0.29) is 17.6 Å². The van der Waals surface area contributed by atoms with E-state index in [0.29, 0.717) is 11.3 Å². The summed E-state index contributed by atoms with van der Waals surface area (Å²) in [5.41, 5.74) is 1.45. The van der Waals surface area contributed by atoms with E-state index in [1.54, 1.807) is 12.1 Å². The largest absolute Gasteiger partial charge is 0.544 e. The molecule has 0 aromatic heterocycles. The van der Waals surface area contributed by atoms with E-state index in [9.17, 15) is 4.79 Å². The maximum absolute atomic E-state index is 11.9. The first-order chi connectivity index (χ1) is 10.5. The summed E-state index contributed by atoms with van der Waals surface area (Å²) in [6.07, 6.45) is 1.83. The highest BCUT2D eigenvalue weighted by molar-refractivity contribution is 6.74. The second-order valence-corrected chi connectivity index (χ2v) is 11.9. The van der Waals surface area contributed by atoms with Crippen LogP contribution in [0.15, 0.2) is 54.3 Å². The van der Waals surface area contributed by atoms with Gasteiger partial charge in [-0.3, -0.25) is 0 Å². The second kappa shape index (κ2) is 7.64. The van der Waals surface area contributed by atoms with Crippen molar-refractivity contribution in [3.05, 3.63) is 59.9 Å². The Morgan fingerprint density at radius 3 is 2.30 bits per heavy atom. The zero-order valence-corrected chi connectivity index (χ0v) is 16.1. The average molecular weight is 333 g/mol. The molecule has 0 N–H and O–H groups in total. The number of hydrogen-bond acceptors (Lipinski definition) is 3. The molecule has 0 bridgehead atoms. The summed E-state index contributed by atoms with van der Waals surface area (Å²) >= 11 is 0. The Kier molecular flexibility index (Phi) is 6.39. The molecule has 126 valence electrons. The van der Waals surface area contributed by atoms with E-state index in [4.69, 9.17) is 9.16 Å². The van der Waals surface area contributed by atoms with Crippen LogP contribution in [0.2, 0.25) is 18.1 Å². The van der Waals surface area contributed by atoms with Gasteiger partial charge in [0, 0.05) is 0 Å². The maximum Gasteiger partial charge on any atom is 0.338 e. The molecule has 3 nitrogen and oxygen atoms in total. The minimum Gasteiger partial charge on any atom is -0.544 e. The van der Waals surface area contributed by atoms with E-state index in [1.165, 1.54) is 0 Å². The van der Waals surface area contributed by atoms with Crippen molar-refractivity contribution in [1.82, 2.24) is 0 Å². The number of rotatable bonds is 6. The summed E-state index contributed by atoms with van der Waals surface area (Å²) in [6.45, 7) is 17.1. The Balaban J connectivity index is 2.57. The lowest BCUT2D eigenvalue weighted by atomic mass is 10.2. The fourth-order valence-corrected chi connectivity index (χ4v) is 2.64. The third kappa shape index (κ3) is 5.71. The molecule has 0 spiro atoms. The molecule has 4 heteroatoms. The number of carbonyl (C=O) groups is 1. The number of carbonyl (C=O) groups excluding carboxylic acids is 1. The molecular formula is C19H28O3Si. The third-order valence-electron chi connectivity index (χ3n) is 4.24. The summed E-state index contributed by atoms with van der Waals surface area (Å²) < 4.78 is 11.4. The first-order valence-corrected chi connectivity index (χ1v) is 10.7. The molecule has 0 atom stereocenters. The van der Waals surface area contributed by atoms with Gasteiger partial charge in [0.2, 0.25) is 8.32 Å². The predicted molar refractivity (Wildman–Crippen MR) is 97.9 cm³/mol. The first kappa shape index (κ1) is 19.2. The molecule has 0 saturated heterocycles. The SMILES string of the molecule is C=C(O[Si](C)(C)C(C)(C)C)/C(C)=C/COC(=O)c1ccccc1. The molecular weight excluding hydrogens is 304 g/mol. The molecule has 0 unspecified atom stereocenters. The highest BCUT2D eigenvalue weighted by Crippen LogP contribution is 2.38. The minimum atomic E-state index is -1.89. The van der Waals surface area contributed by atoms with Gasteiger partial charge in [-0.15, -0.1) is 0 Å². The number of ether oxygens (including phenoxy) is 1. The standard InChI is InChI=1S/C19H28O3Si/c1-15(16(2)22-23(6,7)19(3,4)5)13-14-21-18(20)17-11-9-8-10-12-17/h8-13H,2,14H2,1,3-7H3/b15-13+. The van der Waals surface area contributed by atoms with Gasteiger partial charge in [0.25, 0.3) is 0 Å². The minimum absolute atomic E-state index is 0.121. The number of esters is 1. The molecule has 1 rings (SSSR count). The fourth-order valence-electron chi connectivity index (χ4n) is 1.56. The van der Waals surface area contributed by atoms with Crippen molar-refractivity contribution in [2.45, 2.75) is 45.8 Å². The highest BCUT2D eigenvalue weighted by atomic mass is 28.4.